The third-order valence-electron chi connectivity index (χ3n) is 2.50. The summed E-state index contributed by atoms with van der Waals surface area (Å²) >= 11 is 0. The molecular weight excluding hydrogens is 210 g/mol. The van der Waals surface area contributed by atoms with E-state index in [9.17, 15) is 9.00 Å². The molecule has 0 spiro atoms. The van der Waals surface area contributed by atoms with Crippen LogP contribution in [0, 0.1) is 0 Å². The van der Waals surface area contributed by atoms with Gasteiger partial charge in [0.25, 0.3) is 5.12 Å². The predicted molar refractivity (Wildman–Crippen MR) is 60.0 cm³/mol. The zero-order valence-corrected chi connectivity index (χ0v) is 8.51. The van der Waals surface area contributed by atoms with Gasteiger partial charge in [-0.3, -0.25) is 9.52 Å². The van der Waals surface area contributed by atoms with E-state index in [1.807, 2.05) is 30.3 Å². The largest absolute Gasteiger partial charge is 0.298 e. The van der Waals surface area contributed by atoms with Crippen molar-refractivity contribution in [3.8, 4) is 0 Å². The minimum absolute atomic E-state index is 0.332. The molecule has 0 aromatic heterocycles. The first kappa shape index (κ1) is 8.61. The van der Waals surface area contributed by atoms with Crippen LogP contribution in [0.2, 0.25) is 0 Å². The first-order valence-corrected chi connectivity index (χ1v) is 5.67. The van der Waals surface area contributed by atoms with Crippen LogP contribution < -0.4 is 4.72 Å². The quantitative estimate of drug-likeness (QED) is 0.734. The van der Waals surface area contributed by atoms with Gasteiger partial charge in [-0.25, -0.2) is 4.21 Å². The molecule has 1 N–H and O–H groups in total. The fourth-order valence-electron chi connectivity index (χ4n) is 1.82. The molecule has 0 radical (unpaired) electrons. The van der Waals surface area contributed by atoms with Crippen LogP contribution in [-0.2, 0) is 11.0 Å². The maximum absolute atomic E-state index is 11.6. The molecule has 0 fully saturated rings. The van der Waals surface area contributed by atoms with Crippen LogP contribution in [0.1, 0.15) is 10.4 Å². The van der Waals surface area contributed by atoms with E-state index in [1.165, 1.54) is 0 Å². The minimum atomic E-state index is -1.61. The maximum atomic E-state index is 11.6. The van der Waals surface area contributed by atoms with Crippen molar-refractivity contribution in [3.63, 3.8) is 0 Å². The molecule has 1 atom stereocenters. The molecule has 0 bridgehead atoms. The standard InChI is InChI=1S/C11H7NO2S/c13-11-10-8-4-2-1-3-7(8)5-6-9(10)12-15(11)14/h1-6,12H. The molecule has 1 aliphatic heterocycles. The topological polar surface area (TPSA) is 46.2 Å². The van der Waals surface area contributed by atoms with E-state index in [0.717, 1.165) is 10.8 Å². The van der Waals surface area contributed by atoms with Gasteiger partial charge < -0.3 is 0 Å². The number of carbonyl (C=O) groups is 1. The highest BCUT2D eigenvalue weighted by molar-refractivity contribution is 8.02. The van der Waals surface area contributed by atoms with E-state index in [4.69, 9.17) is 0 Å². The van der Waals surface area contributed by atoms with Crippen molar-refractivity contribution in [2.45, 2.75) is 0 Å². The molecule has 1 aliphatic rings. The number of nitrogens with one attached hydrogen (secondary N) is 1. The van der Waals surface area contributed by atoms with Crippen molar-refractivity contribution in [1.82, 2.24) is 0 Å². The maximum Gasteiger partial charge on any atom is 0.272 e. The molecule has 4 heteroatoms. The highest BCUT2D eigenvalue weighted by Gasteiger charge is 2.28. The molecule has 2 aromatic carbocycles. The van der Waals surface area contributed by atoms with Crippen LogP contribution in [-0.4, -0.2) is 9.32 Å². The molecule has 2 aromatic rings. The summed E-state index contributed by atoms with van der Waals surface area (Å²) in [6, 6.07) is 11.3. The average Bonchev–Trinajstić information content (AvgIpc) is 2.55. The van der Waals surface area contributed by atoms with Gasteiger partial charge in [0, 0.05) is 0 Å². The highest BCUT2D eigenvalue weighted by atomic mass is 32.2. The minimum Gasteiger partial charge on any atom is -0.298 e. The zero-order valence-electron chi connectivity index (χ0n) is 7.69. The summed E-state index contributed by atoms with van der Waals surface area (Å²) in [5.41, 5.74) is 1.21. The van der Waals surface area contributed by atoms with Gasteiger partial charge in [-0.2, -0.15) is 0 Å². The lowest BCUT2D eigenvalue weighted by Gasteiger charge is -2.01. The lowest BCUT2D eigenvalue weighted by atomic mass is 10.0. The Balaban J connectivity index is 2.45. The van der Waals surface area contributed by atoms with Crippen LogP contribution in [0.5, 0.6) is 0 Å². The van der Waals surface area contributed by atoms with Gasteiger partial charge in [0.2, 0.25) is 0 Å². The van der Waals surface area contributed by atoms with E-state index in [2.05, 4.69) is 4.72 Å². The van der Waals surface area contributed by atoms with Gasteiger partial charge in [0.05, 0.1) is 11.3 Å². The molecule has 15 heavy (non-hydrogen) atoms. The van der Waals surface area contributed by atoms with Crippen molar-refractivity contribution >= 4 is 32.6 Å². The van der Waals surface area contributed by atoms with Gasteiger partial charge in [-0.05, 0) is 16.8 Å². The lowest BCUT2D eigenvalue weighted by Crippen LogP contribution is -2.03. The van der Waals surface area contributed by atoms with Gasteiger partial charge in [0.1, 0.15) is 0 Å². The summed E-state index contributed by atoms with van der Waals surface area (Å²) in [4.78, 5) is 11.6. The Bertz CT molecular complexity index is 607. The van der Waals surface area contributed by atoms with Crippen LogP contribution in [0.4, 0.5) is 5.69 Å². The summed E-state index contributed by atoms with van der Waals surface area (Å²) in [7, 11) is -1.61. The van der Waals surface area contributed by atoms with Gasteiger partial charge in [-0.1, -0.05) is 30.3 Å². The molecule has 0 saturated carbocycles. The summed E-state index contributed by atoms with van der Waals surface area (Å²) in [5.74, 6) is 0. The van der Waals surface area contributed by atoms with Crippen molar-refractivity contribution in [2.24, 2.45) is 0 Å². The van der Waals surface area contributed by atoms with Crippen molar-refractivity contribution < 1.29 is 9.00 Å². The molecule has 3 rings (SSSR count). The number of hydrogen-bond donors (Lipinski definition) is 1. The van der Waals surface area contributed by atoms with Crippen molar-refractivity contribution in [3.05, 3.63) is 42.0 Å². The van der Waals surface area contributed by atoms with Gasteiger partial charge in [0.15, 0.2) is 11.0 Å². The summed E-state index contributed by atoms with van der Waals surface area (Å²) in [6.07, 6.45) is 0. The number of rotatable bonds is 0. The molecule has 1 heterocycles. The lowest BCUT2D eigenvalue weighted by molar-refractivity contribution is 0.108. The van der Waals surface area contributed by atoms with E-state index in [1.54, 1.807) is 6.07 Å². The SMILES string of the molecule is O=C1c2c(ccc3ccccc23)NS1=O. The van der Waals surface area contributed by atoms with Crippen LogP contribution in [0.25, 0.3) is 10.8 Å². The van der Waals surface area contributed by atoms with E-state index < -0.39 is 11.0 Å². The second-order valence-corrected chi connectivity index (χ2v) is 4.48. The third-order valence-corrected chi connectivity index (χ3v) is 3.45. The predicted octanol–water partition coefficient (Wildman–Crippen LogP) is 2.07. The highest BCUT2D eigenvalue weighted by Crippen LogP contribution is 2.31. The number of hydrogen-bond acceptors (Lipinski definition) is 2. The molecular formula is C11H7NO2S. The Morgan fingerprint density at radius 3 is 2.73 bits per heavy atom. The molecule has 1 unspecified atom stereocenters. The van der Waals surface area contributed by atoms with Crippen LogP contribution in [0.15, 0.2) is 36.4 Å². The first-order chi connectivity index (χ1) is 7.27. The summed E-state index contributed by atoms with van der Waals surface area (Å²) < 4.78 is 14.0. The number of benzene rings is 2. The number of anilines is 1. The van der Waals surface area contributed by atoms with Crippen molar-refractivity contribution in [2.75, 3.05) is 4.72 Å². The summed E-state index contributed by atoms with van der Waals surface area (Å²) in [6.45, 7) is 0. The molecule has 0 saturated heterocycles. The normalized spacial score (nSPS) is 18.9. The molecule has 74 valence electrons. The molecule has 0 amide bonds. The monoisotopic (exact) mass is 217 g/mol. The smallest absolute Gasteiger partial charge is 0.272 e. The Morgan fingerprint density at radius 2 is 1.87 bits per heavy atom. The third kappa shape index (κ3) is 1.11. The van der Waals surface area contributed by atoms with E-state index in [0.29, 0.717) is 11.3 Å². The number of fused-ring (bicyclic) bond motifs is 3. The number of carbonyl (C=O) groups excluding carboxylic acids is 1. The second kappa shape index (κ2) is 2.90. The Hall–Kier alpha value is -1.68. The van der Waals surface area contributed by atoms with Crippen molar-refractivity contribution in [1.29, 1.82) is 0 Å². The average molecular weight is 217 g/mol. The Kier molecular flexibility index (Phi) is 1.67. The zero-order chi connectivity index (χ0) is 10.4. The second-order valence-electron chi connectivity index (χ2n) is 3.37. The van der Waals surface area contributed by atoms with Crippen LogP contribution >= 0.6 is 0 Å². The Labute approximate surface area is 88.7 Å². The first-order valence-electron chi connectivity index (χ1n) is 4.52. The summed E-state index contributed by atoms with van der Waals surface area (Å²) in [5, 5.41) is 1.52. The Morgan fingerprint density at radius 1 is 1.07 bits per heavy atom. The molecule has 0 aliphatic carbocycles. The van der Waals surface area contributed by atoms with E-state index in [-0.39, 0.29) is 5.12 Å². The fourth-order valence-corrected chi connectivity index (χ4v) is 2.68. The fraction of sp³-hybridized carbons (Fsp3) is 0. The molecule has 3 nitrogen and oxygen atoms in total. The van der Waals surface area contributed by atoms with Crippen LogP contribution in [0.3, 0.4) is 0 Å². The van der Waals surface area contributed by atoms with Gasteiger partial charge in [-0.15, -0.1) is 0 Å². The van der Waals surface area contributed by atoms with E-state index >= 15 is 0 Å². The van der Waals surface area contributed by atoms with Gasteiger partial charge >= 0.3 is 0 Å².